The Hall–Kier alpha value is -1.32. The van der Waals surface area contributed by atoms with Crippen molar-refractivity contribution in [3.8, 4) is 0 Å². The Balaban J connectivity index is 1.88. The van der Waals surface area contributed by atoms with Gasteiger partial charge in [0, 0.05) is 18.9 Å². The van der Waals surface area contributed by atoms with Gasteiger partial charge >= 0.3 is 5.97 Å². The van der Waals surface area contributed by atoms with E-state index in [0.29, 0.717) is 5.92 Å². The van der Waals surface area contributed by atoms with Crippen LogP contribution in [0.25, 0.3) is 0 Å². The van der Waals surface area contributed by atoms with Crippen molar-refractivity contribution >= 4 is 5.97 Å². The molecule has 1 heterocycles. The average Bonchev–Trinajstić information content (AvgIpc) is 2.80. The van der Waals surface area contributed by atoms with Crippen LogP contribution in [0.2, 0.25) is 0 Å². The molecule has 0 amide bonds. The highest BCUT2D eigenvalue weighted by Gasteiger charge is 2.30. The Labute approximate surface area is 115 Å². The number of esters is 1. The summed E-state index contributed by atoms with van der Waals surface area (Å²) in [4.78, 5) is 12.1. The van der Waals surface area contributed by atoms with Crippen molar-refractivity contribution in [2.24, 2.45) is 11.8 Å². The third-order valence-electron chi connectivity index (χ3n) is 3.53. The van der Waals surface area contributed by atoms with E-state index < -0.39 is 0 Å². The molecule has 1 aromatic rings. The lowest BCUT2D eigenvalue weighted by Crippen LogP contribution is -2.32. The molecule has 2 rings (SSSR count). The van der Waals surface area contributed by atoms with Gasteiger partial charge in [-0.25, -0.2) is 0 Å². The summed E-state index contributed by atoms with van der Waals surface area (Å²) < 4.78 is 7.46. The summed E-state index contributed by atoms with van der Waals surface area (Å²) in [6.07, 6.45) is 7.96. The van der Waals surface area contributed by atoms with Crippen molar-refractivity contribution in [3.05, 3.63) is 18.5 Å². The predicted octanol–water partition coefficient (Wildman–Crippen LogP) is 3.03. The van der Waals surface area contributed by atoms with Crippen molar-refractivity contribution in [2.75, 3.05) is 0 Å². The zero-order valence-electron chi connectivity index (χ0n) is 12.1. The minimum atomic E-state index is -0.383. The summed E-state index contributed by atoms with van der Waals surface area (Å²) in [6.45, 7) is 6.69. The maximum atomic E-state index is 12.1. The van der Waals surface area contributed by atoms with Gasteiger partial charge < -0.3 is 4.74 Å². The molecule has 1 aliphatic carbocycles. The number of hydrogen-bond donors (Lipinski definition) is 0. The maximum absolute atomic E-state index is 12.1. The Morgan fingerprint density at radius 2 is 2.21 bits per heavy atom. The van der Waals surface area contributed by atoms with Crippen LogP contribution in [0, 0.1) is 11.8 Å². The molecule has 106 valence electrons. The number of nitrogens with zero attached hydrogens (tertiary/aromatic N) is 2. The molecule has 0 radical (unpaired) electrons. The molecule has 0 spiro atoms. The first kappa shape index (κ1) is 14.1. The molecule has 0 bridgehead atoms. The first-order valence-electron chi connectivity index (χ1n) is 7.14. The van der Waals surface area contributed by atoms with Gasteiger partial charge in [-0.2, -0.15) is 5.10 Å². The quantitative estimate of drug-likeness (QED) is 0.788. The summed E-state index contributed by atoms with van der Waals surface area (Å²) in [5.74, 6) is 0.567. The van der Waals surface area contributed by atoms with Crippen LogP contribution in [0.15, 0.2) is 18.5 Å². The highest BCUT2D eigenvalue weighted by molar-refractivity contribution is 5.73. The average molecular weight is 264 g/mol. The summed E-state index contributed by atoms with van der Waals surface area (Å²) in [7, 11) is 0. The number of ether oxygens (including phenoxy) is 1. The van der Waals surface area contributed by atoms with Crippen molar-refractivity contribution in [3.63, 3.8) is 0 Å². The smallest absolute Gasteiger partial charge is 0.309 e. The lowest BCUT2D eigenvalue weighted by Gasteiger charge is -2.30. The molecule has 0 aromatic carbocycles. The molecule has 4 heteroatoms. The molecule has 1 fully saturated rings. The van der Waals surface area contributed by atoms with Crippen molar-refractivity contribution in [2.45, 2.75) is 58.6 Å². The monoisotopic (exact) mass is 264 g/mol. The van der Waals surface area contributed by atoms with E-state index in [4.69, 9.17) is 4.74 Å². The van der Waals surface area contributed by atoms with Crippen LogP contribution in [0.3, 0.4) is 0 Å². The van der Waals surface area contributed by atoms with Crippen molar-refractivity contribution in [1.82, 2.24) is 9.78 Å². The zero-order chi connectivity index (χ0) is 13.9. The number of aromatic nitrogens is 2. The third-order valence-corrected chi connectivity index (χ3v) is 3.53. The highest BCUT2D eigenvalue weighted by atomic mass is 16.6. The largest absolute Gasteiger partial charge is 0.460 e. The van der Waals surface area contributed by atoms with Gasteiger partial charge in [0.1, 0.15) is 5.60 Å². The van der Waals surface area contributed by atoms with Gasteiger partial charge in [-0.15, -0.1) is 0 Å². The van der Waals surface area contributed by atoms with Gasteiger partial charge in [-0.1, -0.05) is 6.42 Å². The summed E-state index contributed by atoms with van der Waals surface area (Å²) in [6, 6.07) is 1.94. The number of carbonyl (C=O) groups is 1. The second-order valence-electron chi connectivity index (χ2n) is 6.49. The van der Waals surface area contributed by atoms with Crippen LogP contribution in [-0.2, 0) is 16.1 Å². The number of hydrogen-bond acceptors (Lipinski definition) is 3. The maximum Gasteiger partial charge on any atom is 0.309 e. The molecule has 2 unspecified atom stereocenters. The van der Waals surface area contributed by atoms with Crippen LogP contribution in [0.4, 0.5) is 0 Å². The van der Waals surface area contributed by atoms with Crippen LogP contribution in [0.5, 0.6) is 0 Å². The lowest BCUT2D eigenvalue weighted by atomic mass is 9.81. The Morgan fingerprint density at radius 1 is 1.42 bits per heavy atom. The third kappa shape index (κ3) is 4.37. The number of carbonyl (C=O) groups excluding carboxylic acids is 1. The van der Waals surface area contributed by atoms with E-state index in [-0.39, 0.29) is 17.5 Å². The van der Waals surface area contributed by atoms with Gasteiger partial charge in [-0.05, 0) is 52.0 Å². The highest BCUT2D eigenvalue weighted by Crippen LogP contribution is 2.31. The molecule has 0 N–H and O–H groups in total. The standard InChI is InChI=1S/C15H24N2O2/c1-15(2,3)19-14(18)13-7-4-6-12(10-13)11-17-9-5-8-16-17/h5,8-9,12-13H,4,6-7,10-11H2,1-3H3. The molecule has 1 aliphatic rings. The summed E-state index contributed by atoms with van der Waals surface area (Å²) >= 11 is 0. The normalized spacial score (nSPS) is 24.2. The predicted molar refractivity (Wildman–Crippen MR) is 73.5 cm³/mol. The van der Waals surface area contributed by atoms with Crippen LogP contribution < -0.4 is 0 Å². The molecule has 19 heavy (non-hydrogen) atoms. The second-order valence-corrected chi connectivity index (χ2v) is 6.49. The van der Waals surface area contributed by atoms with Gasteiger partial charge in [0.25, 0.3) is 0 Å². The molecule has 0 saturated heterocycles. The fourth-order valence-corrected chi connectivity index (χ4v) is 2.73. The molecular weight excluding hydrogens is 240 g/mol. The SMILES string of the molecule is CC(C)(C)OC(=O)C1CCCC(Cn2cccn2)C1. The van der Waals surface area contributed by atoms with E-state index in [2.05, 4.69) is 5.10 Å². The molecule has 2 atom stereocenters. The Bertz CT molecular complexity index is 406. The first-order valence-corrected chi connectivity index (χ1v) is 7.14. The molecule has 1 aromatic heterocycles. The van der Waals surface area contributed by atoms with Gasteiger partial charge in [-0.3, -0.25) is 9.48 Å². The van der Waals surface area contributed by atoms with Crippen LogP contribution in [0.1, 0.15) is 46.5 Å². The fourth-order valence-electron chi connectivity index (χ4n) is 2.73. The van der Waals surface area contributed by atoms with E-state index in [1.165, 1.54) is 6.42 Å². The van der Waals surface area contributed by atoms with E-state index >= 15 is 0 Å². The van der Waals surface area contributed by atoms with Crippen LogP contribution >= 0.6 is 0 Å². The number of rotatable bonds is 3. The summed E-state index contributed by atoms with van der Waals surface area (Å²) in [5, 5.41) is 4.24. The molecule has 0 aliphatic heterocycles. The zero-order valence-corrected chi connectivity index (χ0v) is 12.1. The summed E-state index contributed by atoms with van der Waals surface area (Å²) in [5.41, 5.74) is -0.383. The first-order chi connectivity index (χ1) is 8.94. The van der Waals surface area contributed by atoms with E-state index in [0.717, 1.165) is 25.8 Å². The van der Waals surface area contributed by atoms with Crippen molar-refractivity contribution in [1.29, 1.82) is 0 Å². The van der Waals surface area contributed by atoms with Gasteiger partial charge in [0.05, 0.1) is 5.92 Å². The van der Waals surface area contributed by atoms with E-state index in [1.807, 2.05) is 37.7 Å². The molecule has 4 nitrogen and oxygen atoms in total. The Kier molecular flexibility index (Phi) is 4.27. The second kappa shape index (κ2) is 5.76. The lowest BCUT2D eigenvalue weighted by molar-refractivity contribution is -0.161. The van der Waals surface area contributed by atoms with E-state index in [9.17, 15) is 4.79 Å². The topological polar surface area (TPSA) is 44.1 Å². The molecular formula is C15H24N2O2. The fraction of sp³-hybridized carbons (Fsp3) is 0.733. The van der Waals surface area contributed by atoms with Gasteiger partial charge in [0.2, 0.25) is 0 Å². The van der Waals surface area contributed by atoms with Gasteiger partial charge in [0.15, 0.2) is 0 Å². The minimum absolute atomic E-state index is 0.0299. The Morgan fingerprint density at radius 3 is 2.84 bits per heavy atom. The van der Waals surface area contributed by atoms with Crippen molar-refractivity contribution < 1.29 is 9.53 Å². The minimum Gasteiger partial charge on any atom is -0.460 e. The van der Waals surface area contributed by atoms with Crippen LogP contribution in [-0.4, -0.2) is 21.4 Å². The van der Waals surface area contributed by atoms with E-state index in [1.54, 1.807) is 6.20 Å². The molecule has 1 saturated carbocycles.